The normalized spacial score (nSPS) is 17.3. The summed E-state index contributed by atoms with van der Waals surface area (Å²) in [4.78, 5) is 80.3. The van der Waals surface area contributed by atoms with Crippen molar-refractivity contribution in [1.29, 1.82) is 0 Å². The number of carbonyl (C=O) groups is 3. The number of anilines is 3. The summed E-state index contributed by atoms with van der Waals surface area (Å²) in [5.74, 6) is -0.172. The smallest absolute Gasteiger partial charge is 0.278 e. The number of aliphatic hydroxyl groups excluding tert-OH is 1. The summed E-state index contributed by atoms with van der Waals surface area (Å²) < 4.78 is 3.13. The fourth-order valence-electron chi connectivity index (χ4n) is 9.65. The lowest BCUT2D eigenvalue weighted by molar-refractivity contribution is -0.144. The SMILES string of the molecule is C=CCn1c(=O)c2cnc(Nc3ccc(N4CCN(CCCCCC(=O)NC(C(=O)N5CC(O)C[C@H]5C(=O)N[C@@H](C)c5ccc(-c6scnc6C)cc5)C(C)(C)C)CC4)cc3)nc2n1-c1cccc(C(C)(C)O)n1. The Morgan fingerprint density at radius 1 is 0.919 bits per heavy atom. The van der Waals surface area contributed by atoms with Crippen LogP contribution in [0.3, 0.4) is 0 Å². The number of pyridine rings is 1. The Morgan fingerprint density at radius 3 is 2.31 bits per heavy atom. The van der Waals surface area contributed by atoms with Gasteiger partial charge in [0.25, 0.3) is 5.56 Å². The van der Waals surface area contributed by atoms with Crippen LogP contribution in [-0.2, 0) is 26.5 Å². The van der Waals surface area contributed by atoms with E-state index in [-0.39, 0.29) is 55.3 Å². The number of amides is 3. The molecule has 2 aromatic carbocycles. The van der Waals surface area contributed by atoms with Crippen molar-refractivity contribution in [2.75, 3.05) is 49.5 Å². The number of hydrogen-bond acceptors (Lipinski definition) is 14. The number of aliphatic hydroxyl groups is 2. The molecular weight excluding hydrogens is 957 g/mol. The van der Waals surface area contributed by atoms with Crippen molar-refractivity contribution in [3.8, 4) is 16.3 Å². The largest absolute Gasteiger partial charge is 0.391 e. The fourth-order valence-corrected chi connectivity index (χ4v) is 10.5. The first-order chi connectivity index (χ1) is 35.3. The molecule has 0 spiro atoms. The first-order valence-electron chi connectivity index (χ1n) is 25.5. The zero-order valence-corrected chi connectivity index (χ0v) is 44.4. The Hall–Kier alpha value is -6.80. The molecule has 2 saturated heterocycles. The van der Waals surface area contributed by atoms with Crippen molar-refractivity contribution < 1.29 is 24.6 Å². The summed E-state index contributed by atoms with van der Waals surface area (Å²) >= 11 is 1.58. The number of aromatic nitrogens is 6. The third-order valence-electron chi connectivity index (χ3n) is 13.9. The molecule has 0 saturated carbocycles. The standard InChI is InChI=1S/C55H70N12O6S/c1-9-25-66-51(71)42-32-56-53(62-49(42)67(66)45-15-13-14-44(60-45)55(7,8)73)59-39-21-23-40(24-22-39)64-29-27-63(28-30-64)26-12-10-11-16-46(69)61-48(54(4,5)6)52(72)65-33-41(68)31-43(65)50(70)58-35(2)37-17-19-38(20-18-37)47-36(3)57-34-74-47/h9,13-15,17-24,32,34-35,41,43,48,68,73H,1,10-12,16,25-31,33H2,2-8H3,(H,58,70)(H,61,69)(H,56,59,62)/t35-,41?,43-,48?/m0/s1. The molecule has 2 aliphatic rings. The van der Waals surface area contributed by atoms with Crippen molar-refractivity contribution in [2.45, 2.75) is 117 Å². The molecule has 74 heavy (non-hydrogen) atoms. The lowest BCUT2D eigenvalue weighted by Crippen LogP contribution is -2.57. The number of allylic oxidation sites excluding steroid dienone is 1. The van der Waals surface area contributed by atoms with Crippen LogP contribution >= 0.6 is 11.3 Å². The van der Waals surface area contributed by atoms with Crippen molar-refractivity contribution in [3.63, 3.8) is 0 Å². The highest BCUT2D eigenvalue weighted by Gasteiger charge is 2.44. The number of benzene rings is 2. The number of thiazole rings is 1. The number of piperazine rings is 1. The molecule has 8 rings (SSSR count). The highest BCUT2D eigenvalue weighted by molar-refractivity contribution is 7.13. The van der Waals surface area contributed by atoms with E-state index in [1.165, 1.54) is 15.8 Å². The first kappa shape index (κ1) is 53.5. The quantitative estimate of drug-likeness (QED) is 0.0427. The second-order valence-electron chi connectivity index (χ2n) is 21.1. The van der Waals surface area contributed by atoms with Gasteiger partial charge < -0.3 is 36.0 Å². The molecule has 5 N–H and O–H groups in total. The number of carbonyl (C=O) groups excluding carboxylic acids is 3. The van der Waals surface area contributed by atoms with Crippen molar-refractivity contribution in [2.24, 2.45) is 5.41 Å². The van der Waals surface area contributed by atoms with E-state index < -0.39 is 29.2 Å². The summed E-state index contributed by atoms with van der Waals surface area (Å²) in [5, 5.41) is 31.0. The van der Waals surface area contributed by atoms with E-state index in [0.29, 0.717) is 34.9 Å². The van der Waals surface area contributed by atoms with E-state index in [2.05, 4.69) is 59.4 Å². The van der Waals surface area contributed by atoms with Crippen LogP contribution in [0, 0.1) is 12.3 Å². The summed E-state index contributed by atoms with van der Waals surface area (Å²) in [5.41, 5.74) is 5.38. The van der Waals surface area contributed by atoms with E-state index in [1.54, 1.807) is 54.1 Å². The third kappa shape index (κ3) is 12.4. The molecule has 2 fully saturated rings. The maximum Gasteiger partial charge on any atom is 0.278 e. The summed E-state index contributed by atoms with van der Waals surface area (Å²) in [7, 11) is 0. The monoisotopic (exact) mass is 1030 g/mol. The molecule has 0 aliphatic carbocycles. The minimum absolute atomic E-state index is 0.0185. The average Bonchev–Trinajstić information content (AvgIpc) is 4.07. The number of aryl methyl sites for hydroxylation is 1. The van der Waals surface area contributed by atoms with E-state index in [1.807, 2.05) is 76.5 Å². The van der Waals surface area contributed by atoms with Gasteiger partial charge in [0.05, 0.1) is 40.5 Å². The number of rotatable bonds is 19. The van der Waals surface area contributed by atoms with E-state index in [4.69, 9.17) is 4.98 Å². The van der Waals surface area contributed by atoms with Crippen LogP contribution in [0.15, 0.2) is 95.9 Å². The minimum atomic E-state index is -1.19. The summed E-state index contributed by atoms with van der Waals surface area (Å²) in [6, 6.07) is 19.3. The highest BCUT2D eigenvalue weighted by atomic mass is 32.1. The van der Waals surface area contributed by atoms with Gasteiger partial charge in [0.2, 0.25) is 23.7 Å². The predicted octanol–water partition coefficient (Wildman–Crippen LogP) is 6.62. The van der Waals surface area contributed by atoms with Gasteiger partial charge in [-0.2, -0.15) is 4.98 Å². The molecule has 0 bridgehead atoms. The summed E-state index contributed by atoms with van der Waals surface area (Å²) in [6.45, 7) is 21.4. The van der Waals surface area contributed by atoms with Gasteiger partial charge in [-0.05, 0) is 100 Å². The molecule has 6 heterocycles. The van der Waals surface area contributed by atoms with Crippen LogP contribution in [0.2, 0.25) is 0 Å². The second kappa shape index (κ2) is 22.8. The van der Waals surface area contributed by atoms with Gasteiger partial charge in [0.15, 0.2) is 11.5 Å². The van der Waals surface area contributed by atoms with Crippen LogP contribution in [0.25, 0.3) is 27.3 Å². The molecule has 3 amide bonds. The van der Waals surface area contributed by atoms with Gasteiger partial charge in [-0.1, -0.05) is 63.6 Å². The zero-order chi connectivity index (χ0) is 52.9. The van der Waals surface area contributed by atoms with Crippen molar-refractivity contribution in [1.82, 2.24) is 49.7 Å². The molecule has 6 aromatic rings. The van der Waals surface area contributed by atoms with Gasteiger partial charge in [0, 0.05) is 63.1 Å². The molecule has 2 unspecified atom stereocenters. The lowest BCUT2D eigenvalue weighted by atomic mass is 9.85. The number of unbranched alkanes of at least 4 members (excludes halogenated alkanes) is 2. The number of β-amino-alcohol motifs (C(OH)–C–C–N with tert-alkyl or cyclic N) is 1. The Kier molecular flexibility index (Phi) is 16.5. The van der Waals surface area contributed by atoms with Crippen LogP contribution in [0.4, 0.5) is 17.3 Å². The molecule has 0 radical (unpaired) electrons. The Bertz CT molecular complexity index is 3000. The molecule has 2 aliphatic heterocycles. The van der Waals surface area contributed by atoms with Gasteiger partial charge in [-0.25, -0.2) is 24.3 Å². The van der Waals surface area contributed by atoms with Crippen LogP contribution < -0.4 is 26.4 Å². The Labute approximate surface area is 436 Å². The Morgan fingerprint density at radius 2 is 1.65 bits per heavy atom. The molecule has 4 aromatic heterocycles. The number of hydrogen-bond donors (Lipinski definition) is 5. The Balaban J connectivity index is 0.779. The van der Waals surface area contributed by atoms with E-state index >= 15 is 0 Å². The average molecular weight is 1030 g/mol. The minimum Gasteiger partial charge on any atom is -0.391 e. The topological polar surface area (TPSA) is 216 Å². The molecular formula is C55H70N12O6S. The number of nitrogens with zero attached hydrogens (tertiary/aromatic N) is 9. The van der Waals surface area contributed by atoms with Gasteiger partial charge in [-0.15, -0.1) is 17.9 Å². The number of fused-ring (bicyclic) bond motifs is 1. The predicted molar refractivity (Wildman–Crippen MR) is 290 cm³/mol. The third-order valence-corrected chi connectivity index (χ3v) is 14.8. The van der Waals surface area contributed by atoms with Crippen molar-refractivity contribution >= 4 is 57.4 Å². The van der Waals surface area contributed by atoms with E-state index in [9.17, 15) is 29.4 Å². The van der Waals surface area contributed by atoms with Crippen molar-refractivity contribution in [3.05, 3.63) is 118 Å². The highest BCUT2D eigenvalue weighted by Crippen LogP contribution is 2.31. The number of likely N-dealkylation sites (tertiary alicyclic amines) is 1. The lowest BCUT2D eigenvalue weighted by Gasteiger charge is -2.36. The molecule has 392 valence electrons. The zero-order valence-electron chi connectivity index (χ0n) is 43.5. The first-order valence-corrected chi connectivity index (χ1v) is 26.4. The van der Waals surface area contributed by atoms with Gasteiger partial charge in [-0.3, -0.25) is 24.1 Å². The fraction of sp³-hybridized carbons (Fsp3) is 0.455. The maximum atomic E-state index is 14.2. The van der Waals surface area contributed by atoms with Crippen LogP contribution in [0.1, 0.15) is 96.6 Å². The number of nitrogens with one attached hydrogen (secondary N) is 3. The maximum absolute atomic E-state index is 14.2. The molecule has 19 heteroatoms. The van der Waals surface area contributed by atoms with E-state index in [0.717, 1.165) is 78.6 Å². The van der Waals surface area contributed by atoms with Gasteiger partial charge in [0.1, 0.15) is 23.1 Å². The molecule has 18 nitrogen and oxygen atoms in total. The van der Waals surface area contributed by atoms with Crippen LogP contribution in [-0.4, -0.2) is 124 Å². The van der Waals surface area contributed by atoms with Gasteiger partial charge >= 0.3 is 0 Å². The molecule has 4 atom stereocenters. The van der Waals surface area contributed by atoms with Crippen LogP contribution in [0.5, 0.6) is 0 Å². The second-order valence-corrected chi connectivity index (χ2v) is 21.9. The summed E-state index contributed by atoms with van der Waals surface area (Å²) in [6.07, 6.45) is 5.19.